The van der Waals surface area contributed by atoms with E-state index in [2.05, 4.69) is 15.1 Å². The molecule has 0 amide bonds. The zero-order valence-electron chi connectivity index (χ0n) is 10.6. The molecule has 3 rings (SSSR count). The highest BCUT2D eigenvalue weighted by molar-refractivity contribution is 7.09. The maximum absolute atomic E-state index is 9.77. The molecule has 0 fully saturated rings. The Bertz CT molecular complexity index is 751. The number of phenols is 2. The third-order valence-electron chi connectivity index (χ3n) is 2.69. The number of hydrogen-bond acceptors (Lipinski definition) is 7. The average molecular weight is 289 g/mol. The number of para-hydroxylation sites is 1. The van der Waals surface area contributed by atoms with E-state index in [0.29, 0.717) is 17.8 Å². The fourth-order valence-electron chi connectivity index (χ4n) is 1.76. The molecule has 0 spiro atoms. The van der Waals surface area contributed by atoms with E-state index in [1.807, 2.05) is 12.3 Å². The van der Waals surface area contributed by atoms with Crippen LogP contribution >= 0.6 is 11.3 Å². The molecule has 102 valence electrons. The summed E-state index contributed by atoms with van der Waals surface area (Å²) in [5.41, 5.74) is 1.26. The third-order valence-corrected chi connectivity index (χ3v) is 3.66. The first-order valence-corrected chi connectivity index (χ1v) is 6.76. The van der Waals surface area contributed by atoms with Crippen LogP contribution in [0.5, 0.6) is 11.5 Å². The van der Waals surface area contributed by atoms with Crippen molar-refractivity contribution in [3.63, 3.8) is 0 Å². The van der Waals surface area contributed by atoms with Crippen molar-refractivity contribution in [2.24, 2.45) is 0 Å². The summed E-state index contributed by atoms with van der Waals surface area (Å²) in [5.74, 6) is 0.157. The average Bonchev–Trinajstić information content (AvgIpc) is 3.03. The number of aromatic hydroxyl groups is 2. The number of hydrogen-bond donors (Lipinski definition) is 2. The van der Waals surface area contributed by atoms with Gasteiger partial charge in [-0.25, -0.2) is 4.98 Å². The standard InChI is InChI=1S/C13H11N3O3S/c1-7-6-20-11(14-7)5-10-15-13(19-16-10)8-3-2-4-9(17)12(8)18/h2-4,6,17-18H,5H2,1H3. The van der Waals surface area contributed by atoms with Crippen molar-refractivity contribution in [1.29, 1.82) is 0 Å². The van der Waals surface area contributed by atoms with Crippen molar-refractivity contribution in [3.8, 4) is 23.0 Å². The van der Waals surface area contributed by atoms with Gasteiger partial charge in [0, 0.05) is 11.1 Å². The summed E-state index contributed by atoms with van der Waals surface area (Å²) in [6, 6.07) is 4.58. The number of aryl methyl sites for hydroxylation is 1. The second kappa shape index (κ2) is 4.93. The lowest BCUT2D eigenvalue weighted by atomic mass is 10.2. The minimum atomic E-state index is -0.271. The van der Waals surface area contributed by atoms with Gasteiger partial charge in [0.05, 0.1) is 12.0 Å². The maximum Gasteiger partial charge on any atom is 0.261 e. The SMILES string of the molecule is Cc1csc(Cc2noc(-c3cccc(O)c3O)n2)n1. The lowest BCUT2D eigenvalue weighted by molar-refractivity contribution is 0.396. The maximum atomic E-state index is 9.77. The van der Waals surface area contributed by atoms with Crippen molar-refractivity contribution in [2.45, 2.75) is 13.3 Å². The van der Waals surface area contributed by atoms with Gasteiger partial charge in [0.25, 0.3) is 5.89 Å². The molecule has 7 heteroatoms. The Kier molecular flexibility index (Phi) is 3.11. The third kappa shape index (κ3) is 2.35. The van der Waals surface area contributed by atoms with Gasteiger partial charge in [-0.1, -0.05) is 11.2 Å². The fraction of sp³-hybridized carbons (Fsp3) is 0.154. The molecule has 0 saturated heterocycles. The van der Waals surface area contributed by atoms with Crippen molar-refractivity contribution in [2.75, 3.05) is 0 Å². The Balaban J connectivity index is 1.88. The molecular formula is C13H11N3O3S. The van der Waals surface area contributed by atoms with E-state index in [0.717, 1.165) is 10.7 Å². The highest BCUT2D eigenvalue weighted by Gasteiger charge is 2.15. The van der Waals surface area contributed by atoms with Gasteiger partial charge in [-0.2, -0.15) is 4.98 Å². The second-order valence-electron chi connectivity index (χ2n) is 4.25. The summed E-state index contributed by atoms with van der Waals surface area (Å²) in [6.45, 7) is 1.92. The van der Waals surface area contributed by atoms with E-state index in [1.54, 1.807) is 12.1 Å². The normalized spacial score (nSPS) is 10.8. The summed E-state index contributed by atoms with van der Waals surface area (Å²) in [7, 11) is 0. The second-order valence-corrected chi connectivity index (χ2v) is 5.19. The minimum Gasteiger partial charge on any atom is -0.504 e. The topological polar surface area (TPSA) is 92.3 Å². The molecule has 2 N–H and O–H groups in total. The van der Waals surface area contributed by atoms with Gasteiger partial charge in [-0.15, -0.1) is 11.3 Å². The van der Waals surface area contributed by atoms with E-state index >= 15 is 0 Å². The highest BCUT2D eigenvalue weighted by Crippen LogP contribution is 2.35. The summed E-state index contributed by atoms with van der Waals surface area (Å²) in [6.07, 6.45) is 0.474. The fourth-order valence-corrected chi connectivity index (χ4v) is 2.53. The van der Waals surface area contributed by atoms with E-state index < -0.39 is 0 Å². The van der Waals surface area contributed by atoms with Gasteiger partial charge in [-0.3, -0.25) is 0 Å². The van der Waals surface area contributed by atoms with Gasteiger partial charge in [0.15, 0.2) is 17.3 Å². The largest absolute Gasteiger partial charge is 0.504 e. The molecule has 20 heavy (non-hydrogen) atoms. The lowest BCUT2D eigenvalue weighted by Crippen LogP contribution is -1.90. The minimum absolute atomic E-state index is 0.168. The van der Waals surface area contributed by atoms with Crippen LogP contribution in [0.1, 0.15) is 16.5 Å². The van der Waals surface area contributed by atoms with E-state index in [1.165, 1.54) is 17.4 Å². The number of benzene rings is 1. The number of phenolic OH excluding ortho intramolecular Hbond substituents is 2. The Morgan fingerprint density at radius 2 is 2.10 bits per heavy atom. The molecule has 2 aromatic heterocycles. The number of aromatic nitrogens is 3. The van der Waals surface area contributed by atoms with Crippen LogP contribution in [-0.2, 0) is 6.42 Å². The molecular weight excluding hydrogens is 278 g/mol. The van der Waals surface area contributed by atoms with Gasteiger partial charge in [0.1, 0.15) is 5.01 Å². The Morgan fingerprint density at radius 3 is 2.85 bits per heavy atom. The van der Waals surface area contributed by atoms with Crippen LogP contribution in [0.2, 0.25) is 0 Å². The predicted octanol–water partition coefficient (Wildman–Crippen LogP) is 2.50. The molecule has 0 saturated carbocycles. The molecule has 0 aliphatic carbocycles. The van der Waals surface area contributed by atoms with E-state index in [-0.39, 0.29) is 17.4 Å². The molecule has 2 heterocycles. The lowest BCUT2D eigenvalue weighted by Gasteiger charge is -2.00. The number of rotatable bonds is 3. The molecule has 0 aliphatic rings. The molecule has 0 atom stereocenters. The monoisotopic (exact) mass is 289 g/mol. The Morgan fingerprint density at radius 1 is 1.25 bits per heavy atom. The summed E-state index contributed by atoms with van der Waals surface area (Å²) < 4.78 is 5.11. The van der Waals surface area contributed by atoms with Gasteiger partial charge in [-0.05, 0) is 19.1 Å². The summed E-state index contributed by atoms with van der Waals surface area (Å²) in [5, 5.41) is 25.9. The molecule has 3 aromatic rings. The Labute approximate surface area is 118 Å². The van der Waals surface area contributed by atoms with Gasteiger partial charge >= 0.3 is 0 Å². The zero-order valence-corrected chi connectivity index (χ0v) is 11.4. The quantitative estimate of drug-likeness (QED) is 0.720. The highest BCUT2D eigenvalue weighted by atomic mass is 32.1. The molecule has 6 nitrogen and oxygen atoms in total. The van der Waals surface area contributed by atoms with Crippen LogP contribution in [-0.4, -0.2) is 25.3 Å². The van der Waals surface area contributed by atoms with Gasteiger partial charge < -0.3 is 14.7 Å². The van der Waals surface area contributed by atoms with Crippen LogP contribution in [0.15, 0.2) is 28.1 Å². The van der Waals surface area contributed by atoms with Crippen LogP contribution in [0, 0.1) is 6.92 Å². The van der Waals surface area contributed by atoms with Crippen molar-refractivity contribution >= 4 is 11.3 Å². The van der Waals surface area contributed by atoms with Crippen LogP contribution < -0.4 is 0 Å². The zero-order chi connectivity index (χ0) is 14.1. The van der Waals surface area contributed by atoms with Crippen LogP contribution in [0.25, 0.3) is 11.5 Å². The predicted molar refractivity (Wildman–Crippen MR) is 72.7 cm³/mol. The summed E-state index contributed by atoms with van der Waals surface area (Å²) >= 11 is 1.53. The molecule has 1 aromatic carbocycles. The molecule has 0 bridgehead atoms. The van der Waals surface area contributed by atoms with Crippen molar-refractivity contribution in [1.82, 2.24) is 15.1 Å². The number of nitrogens with zero attached hydrogens (tertiary/aromatic N) is 3. The van der Waals surface area contributed by atoms with Crippen molar-refractivity contribution < 1.29 is 14.7 Å². The first kappa shape index (κ1) is 12.6. The van der Waals surface area contributed by atoms with E-state index in [9.17, 15) is 10.2 Å². The first-order chi connectivity index (χ1) is 9.63. The molecule has 0 unspecified atom stereocenters. The Hall–Kier alpha value is -2.41. The molecule has 0 radical (unpaired) electrons. The van der Waals surface area contributed by atoms with Crippen molar-refractivity contribution in [3.05, 3.63) is 40.1 Å². The van der Waals surface area contributed by atoms with Gasteiger partial charge in [0.2, 0.25) is 0 Å². The van der Waals surface area contributed by atoms with E-state index in [4.69, 9.17) is 4.52 Å². The number of thiazole rings is 1. The van der Waals surface area contributed by atoms with Crippen LogP contribution in [0.3, 0.4) is 0 Å². The first-order valence-electron chi connectivity index (χ1n) is 5.88. The summed E-state index contributed by atoms with van der Waals surface area (Å²) in [4.78, 5) is 8.53. The smallest absolute Gasteiger partial charge is 0.261 e. The molecule has 0 aliphatic heterocycles. The van der Waals surface area contributed by atoms with Crippen LogP contribution in [0.4, 0.5) is 0 Å².